The minimum Gasteiger partial charge on any atom is -0.338 e. The normalized spacial score (nSPS) is 11.0. The third-order valence-electron chi connectivity index (χ3n) is 3.39. The summed E-state index contributed by atoms with van der Waals surface area (Å²) in [5.41, 5.74) is 2.42. The molecule has 0 aliphatic rings. The van der Waals surface area contributed by atoms with Gasteiger partial charge in [-0.3, -0.25) is 9.79 Å². The van der Waals surface area contributed by atoms with Crippen molar-refractivity contribution >= 4 is 17.7 Å². The molecule has 0 unspecified atom stereocenters. The number of Topliss-reactive ketones (excluding diaryl/α,β-unsaturated/α-hetero) is 1. The van der Waals surface area contributed by atoms with Crippen LogP contribution in [0.1, 0.15) is 22.8 Å². The van der Waals surface area contributed by atoms with Gasteiger partial charge in [-0.1, -0.05) is 42.5 Å². The van der Waals surface area contributed by atoms with E-state index in [9.17, 15) is 9.59 Å². The number of nitrogens with one attached hydrogen (secondary N) is 1. The highest BCUT2D eigenvalue weighted by atomic mass is 16.5. The number of nitrogens with zero attached hydrogens (tertiary/aromatic N) is 1. The van der Waals surface area contributed by atoms with Gasteiger partial charge in [0.15, 0.2) is 5.78 Å². The van der Waals surface area contributed by atoms with Crippen LogP contribution in [0.25, 0.3) is 11.3 Å². The Morgan fingerprint density at radius 1 is 1.13 bits per heavy atom. The zero-order valence-corrected chi connectivity index (χ0v) is 12.4. The Hall–Kier alpha value is -3.21. The number of benzene rings is 2. The molecule has 1 aromatic heterocycles. The molecule has 114 valence electrons. The monoisotopic (exact) mass is 306 g/mol. The fourth-order valence-electron chi connectivity index (χ4n) is 2.19. The zero-order chi connectivity index (χ0) is 16.2. The first-order valence-electron chi connectivity index (χ1n) is 7.07. The summed E-state index contributed by atoms with van der Waals surface area (Å²) in [5.74, 6) is -0.0341. The fourth-order valence-corrected chi connectivity index (χ4v) is 2.19. The number of carbonyl (C=O) groups is 1. The maximum atomic E-state index is 11.9. The summed E-state index contributed by atoms with van der Waals surface area (Å²) in [5, 5.41) is 2.62. The van der Waals surface area contributed by atoms with Crippen molar-refractivity contribution in [1.29, 1.82) is 0 Å². The van der Waals surface area contributed by atoms with E-state index >= 15 is 0 Å². The Balaban J connectivity index is 1.98. The fraction of sp³-hybridized carbons (Fsp3) is 0.0556. The summed E-state index contributed by atoms with van der Waals surface area (Å²) < 4.78 is 4.87. The molecule has 0 aliphatic carbocycles. The van der Waals surface area contributed by atoms with Gasteiger partial charge in [0.2, 0.25) is 0 Å². The van der Waals surface area contributed by atoms with Gasteiger partial charge >= 0.3 is 5.63 Å². The van der Waals surface area contributed by atoms with Crippen LogP contribution in [0.4, 0.5) is 5.69 Å². The second-order valence-corrected chi connectivity index (χ2v) is 5.01. The average molecular weight is 306 g/mol. The molecule has 1 N–H and O–H groups in total. The van der Waals surface area contributed by atoms with Gasteiger partial charge in [0.25, 0.3) is 0 Å². The maximum absolute atomic E-state index is 11.9. The minimum atomic E-state index is -0.490. The predicted molar refractivity (Wildman–Crippen MR) is 88.5 cm³/mol. The lowest BCUT2D eigenvalue weighted by Crippen LogP contribution is -2.01. The highest BCUT2D eigenvalue weighted by molar-refractivity contribution is 5.95. The summed E-state index contributed by atoms with van der Waals surface area (Å²) in [6.07, 6.45) is 1.45. The van der Waals surface area contributed by atoms with Crippen LogP contribution in [0.5, 0.6) is 0 Å². The van der Waals surface area contributed by atoms with E-state index in [4.69, 9.17) is 4.52 Å². The Bertz CT molecular complexity index is 921. The molecule has 0 radical (unpaired) electrons. The van der Waals surface area contributed by atoms with Crippen molar-refractivity contribution in [2.45, 2.75) is 6.92 Å². The SMILES string of the molecule is CC(=O)c1cccc(N=Cc2c(-c3ccccc3)[nH]oc2=O)c1. The summed E-state index contributed by atoms with van der Waals surface area (Å²) in [7, 11) is 0. The average Bonchev–Trinajstić information content (AvgIpc) is 2.95. The highest BCUT2D eigenvalue weighted by Crippen LogP contribution is 2.19. The third-order valence-corrected chi connectivity index (χ3v) is 3.39. The van der Waals surface area contributed by atoms with Gasteiger partial charge in [-0.05, 0) is 19.1 Å². The first-order valence-corrected chi connectivity index (χ1v) is 7.07. The summed E-state index contributed by atoms with van der Waals surface area (Å²) in [6.45, 7) is 1.50. The van der Waals surface area contributed by atoms with E-state index in [0.717, 1.165) is 5.56 Å². The number of H-pyrrole nitrogens is 1. The van der Waals surface area contributed by atoms with Crippen molar-refractivity contribution in [3.63, 3.8) is 0 Å². The van der Waals surface area contributed by atoms with Gasteiger partial charge in [-0.2, -0.15) is 0 Å². The number of rotatable bonds is 4. The van der Waals surface area contributed by atoms with Gasteiger partial charge in [-0.15, -0.1) is 0 Å². The third kappa shape index (κ3) is 3.18. The Kier molecular flexibility index (Phi) is 4.01. The summed E-state index contributed by atoms with van der Waals surface area (Å²) >= 11 is 0. The van der Waals surface area contributed by atoms with Crippen LogP contribution in [0.3, 0.4) is 0 Å². The zero-order valence-electron chi connectivity index (χ0n) is 12.4. The van der Waals surface area contributed by atoms with Gasteiger partial charge in [0.1, 0.15) is 5.56 Å². The molecule has 23 heavy (non-hydrogen) atoms. The van der Waals surface area contributed by atoms with E-state index < -0.39 is 5.63 Å². The molecule has 0 fully saturated rings. The molecule has 0 amide bonds. The van der Waals surface area contributed by atoms with Crippen molar-refractivity contribution < 1.29 is 9.32 Å². The van der Waals surface area contributed by atoms with Crippen LogP contribution >= 0.6 is 0 Å². The van der Waals surface area contributed by atoms with Crippen molar-refractivity contribution in [3.8, 4) is 11.3 Å². The first kappa shape index (κ1) is 14.7. The summed E-state index contributed by atoms with van der Waals surface area (Å²) in [6, 6.07) is 16.3. The standard InChI is InChI=1S/C18H14N2O3/c1-12(21)14-8-5-9-15(10-14)19-11-16-17(20-23-18(16)22)13-6-3-2-4-7-13/h2-11,20H,1H3. The number of aromatic amines is 1. The van der Waals surface area contributed by atoms with Gasteiger partial charge < -0.3 is 4.52 Å². The van der Waals surface area contributed by atoms with Crippen LogP contribution in [0.15, 0.2) is 68.9 Å². The van der Waals surface area contributed by atoms with Crippen LogP contribution in [0.2, 0.25) is 0 Å². The molecule has 0 saturated heterocycles. The topological polar surface area (TPSA) is 75.4 Å². The quantitative estimate of drug-likeness (QED) is 0.591. The highest BCUT2D eigenvalue weighted by Gasteiger charge is 2.11. The Morgan fingerprint density at radius 2 is 1.91 bits per heavy atom. The lowest BCUT2D eigenvalue weighted by atomic mass is 10.1. The van der Waals surface area contributed by atoms with E-state index in [1.807, 2.05) is 30.3 Å². The lowest BCUT2D eigenvalue weighted by molar-refractivity contribution is 0.101. The molecule has 5 heteroatoms. The van der Waals surface area contributed by atoms with E-state index in [0.29, 0.717) is 22.5 Å². The molecule has 0 saturated carbocycles. The van der Waals surface area contributed by atoms with Gasteiger partial charge in [-0.25, -0.2) is 9.95 Å². The molecular formula is C18H14N2O3. The molecule has 0 spiro atoms. The number of aliphatic imine (C=N–C) groups is 1. The number of hydrogen-bond donors (Lipinski definition) is 1. The van der Waals surface area contributed by atoms with E-state index in [-0.39, 0.29) is 5.78 Å². The van der Waals surface area contributed by atoms with Crippen molar-refractivity contribution in [1.82, 2.24) is 5.16 Å². The van der Waals surface area contributed by atoms with Gasteiger partial charge in [0, 0.05) is 17.3 Å². The number of aromatic nitrogens is 1. The molecule has 5 nitrogen and oxygen atoms in total. The molecule has 0 atom stereocenters. The Morgan fingerprint density at radius 3 is 2.65 bits per heavy atom. The van der Waals surface area contributed by atoms with Crippen molar-refractivity contribution in [2.75, 3.05) is 0 Å². The maximum Gasteiger partial charge on any atom is 0.366 e. The molecule has 0 aliphatic heterocycles. The predicted octanol–water partition coefficient (Wildman–Crippen LogP) is 3.59. The van der Waals surface area contributed by atoms with Crippen LogP contribution in [-0.4, -0.2) is 17.2 Å². The molecule has 3 rings (SSSR count). The summed E-state index contributed by atoms with van der Waals surface area (Å²) in [4.78, 5) is 27.5. The van der Waals surface area contributed by atoms with E-state index in [1.54, 1.807) is 24.3 Å². The van der Waals surface area contributed by atoms with Crippen molar-refractivity contribution in [2.24, 2.45) is 4.99 Å². The molecule has 1 heterocycles. The molecular weight excluding hydrogens is 292 g/mol. The lowest BCUT2D eigenvalue weighted by Gasteiger charge is -1.98. The molecule has 2 aromatic carbocycles. The molecule has 3 aromatic rings. The number of ketones is 1. The Labute approximate surface area is 132 Å². The van der Waals surface area contributed by atoms with E-state index in [1.165, 1.54) is 13.1 Å². The largest absolute Gasteiger partial charge is 0.366 e. The van der Waals surface area contributed by atoms with Crippen LogP contribution in [0, 0.1) is 0 Å². The van der Waals surface area contributed by atoms with Gasteiger partial charge in [0.05, 0.1) is 11.4 Å². The smallest absolute Gasteiger partial charge is 0.338 e. The first-order chi connectivity index (χ1) is 11.1. The molecule has 0 bridgehead atoms. The van der Waals surface area contributed by atoms with Crippen LogP contribution < -0.4 is 5.63 Å². The van der Waals surface area contributed by atoms with E-state index in [2.05, 4.69) is 10.1 Å². The number of hydrogen-bond acceptors (Lipinski definition) is 4. The number of carbonyl (C=O) groups excluding carboxylic acids is 1. The van der Waals surface area contributed by atoms with Crippen LogP contribution in [-0.2, 0) is 0 Å². The van der Waals surface area contributed by atoms with Crippen molar-refractivity contribution in [3.05, 3.63) is 76.1 Å². The second kappa shape index (κ2) is 6.27. The minimum absolute atomic E-state index is 0.0341. The second-order valence-electron chi connectivity index (χ2n) is 5.01.